The molecule has 1 aliphatic heterocycles. The van der Waals surface area contributed by atoms with E-state index in [4.69, 9.17) is 4.74 Å². The van der Waals surface area contributed by atoms with Gasteiger partial charge in [0.15, 0.2) is 0 Å². The smallest absolute Gasteiger partial charge is 0.319 e. The molecule has 1 saturated carbocycles. The SMILES string of the molecule is C=C1NC(=O)NC(c2ccccc2Br)C1C(=O)OC1CCCCC1. The maximum atomic E-state index is 12.8. The second-order valence-electron chi connectivity index (χ2n) is 6.30. The molecule has 2 atom stereocenters. The van der Waals surface area contributed by atoms with Gasteiger partial charge in [-0.2, -0.15) is 0 Å². The average molecular weight is 393 g/mol. The van der Waals surface area contributed by atoms with Gasteiger partial charge < -0.3 is 15.4 Å². The molecule has 2 N–H and O–H groups in total. The molecule has 1 saturated heterocycles. The van der Waals surface area contributed by atoms with Crippen LogP contribution in [0.25, 0.3) is 0 Å². The van der Waals surface area contributed by atoms with Gasteiger partial charge in [-0.05, 0) is 37.3 Å². The normalized spacial score (nSPS) is 24.9. The van der Waals surface area contributed by atoms with E-state index in [9.17, 15) is 9.59 Å². The summed E-state index contributed by atoms with van der Waals surface area (Å²) in [6, 6.07) is 6.67. The number of carbonyl (C=O) groups excluding carboxylic acids is 2. The summed E-state index contributed by atoms with van der Waals surface area (Å²) in [6.07, 6.45) is 5.16. The summed E-state index contributed by atoms with van der Waals surface area (Å²) in [4.78, 5) is 24.7. The number of esters is 1. The fourth-order valence-corrected chi connectivity index (χ4v) is 3.90. The van der Waals surface area contributed by atoms with E-state index in [0.717, 1.165) is 35.7 Å². The molecular weight excluding hydrogens is 372 g/mol. The molecular formula is C18H21BrN2O3. The highest BCUT2D eigenvalue weighted by molar-refractivity contribution is 9.10. The van der Waals surface area contributed by atoms with Gasteiger partial charge in [0.25, 0.3) is 0 Å². The van der Waals surface area contributed by atoms with Crippen LogP contribution in [0.1, 0.15) is 43.7 Å². The maximum absolute atomic E-state index is 12.8. The monoisotopic (exact) mass is 392 g/mol. The standard InChI is InChI=1S/C18H21BrN2O3/c1-11-15(17(22)24-12-7-3-2-4-8-12)16(21-18(23)20-11)13-9-5-6-10-14(13)19/h5-6,9-10,12,15-16H,1-4,7-8H2,(H2,20,21,23). The topological polar surface area (TPSA) is 67.4 Å². The van der Waals surface area contributed by atoms with Crippen LogP contribution in [0.2, 0.25) is 0 Å². The van der Waals surface area contributed by atoms with Gasteiger partial charge in [0.2, 0.25) is 0 Å². The number of hydrogen-bond donors (Lipinski definition) is 2. The van der Waals surface area contributed by atoms with E-state index in [2.05, 4.69) is 33.1 Å². The highest BCUT2D eigenvalue weighted by atomic mass is 79.9. The molecule has 0 spiro atoms. The summed E-state index contributed by atoms with van der Waals surface area (Å²) in [5.74, 6) is -0.983. The number of amides is 2. The molecule has 0 aromatic heterocycles. The first-order valence-electron chi connectivity index (χ1n) is 8.27. The molecule has 2 unspecified atom stereocenters. The Balaban J connectivity index is 1.83. The van der Waals surface area contributed by atoms with E-state index in [-0.39, 0.29) is 18.1 Å². The van der Waals surface area contributed by atoms with E-state index in [0.29, 0.717) is 5.70 Å². The van der Waals surface area contributed by atoms with Crippen LogP contribution in [-0.2, 0) is 9.53 Å². The van der Waals surface area contributed by atoms with E-state index in [1.807, 2.05) is 24.3 Å². The third-order valence-corrected chi connectivity index (χ3v) is 5.32. The first kappa shape index (κ1) is 17.0. The van der Waals surface area contributed by atoms with Crippen LogP contribution in [0, 0.1) is 5.92 Å². The number of rotatable bonds is 3. The van der Waals surface area contributed by atoms with Crippen molar-refractivity contribution in [1.82, 2.24) is 10.6 Å². The molecule has 1 heterocycles. The first-order valence-corrected chi connectivity index (χ1v) is 9.07. The fourth-order valence-electron chi connectivity index (χ4n) is 3.37. The zero-order valence-electron chi connectivity index (χ0n) is 13.4. The zero-order chi connectivity index (χ0) is 17.1. The number of hydrogen-bond acceptors (Lipinski definition) is 3. The molecule has 3 rings (SSSR count). The van der Waals surface area contributed by atoms with Gasteiger partial charge in [-0.15, -0.1) is 0 Å². The Morgan fingerprint density at radius 1 is 1.21 bits per heavy atom. The lowest BCUT2D eigenvalue weighted by molar-refractivity contribution is -0.155. The molecule has 0 radical (unpaired) electrons. The number of urea groups is 1. The Kier molecular flexibility index (Phi) is 5.23. The average Bonchev–Trinajstić information content (AvgIpc) is 2.55. The van der Waals surface area contributed by atoms with Crippen LogP contribution >= 0.6 is 15.9 Å². The van der Waals surface area contributed by atoms with Crippen LogP contribution in [0.5, 0.6) is 0 Å². The highest BCUT2D eigenvalue weighted by Gasteiger charge is 2.40. The van der Waals surface area contributed by atoms with Gasteiger partial charge >= 0.3 is 12.0 Å². The van der Waals surface area contributed by atoms with E-state index in [1.54, 1.807) is 0 Å². The minimum Gasteiger partial charge on any atom is -0.462 e. The summed E-state index contributed by atoms with van der Waals surface area (Å²) >= 11 is 3.49. The van der Waals surface area contributed by atoms with Gasteiger partial charge in [-0.3, -0.25) is 4.79 Å². The van der Waals surface area contributed by atoms with Crippen LogP contribution in [0.15, 0.2) is 41.0 Å². The van der Waals surface area contributed by atoms with E-state index >= 15 is 0 Å². The quantitative estimate of drug-likeness (QED) is 0.768. The summed E-state index contributed by atoms with van der Waals surface area (Å²) in [7, 11) is 0. The highest BCUT2D eigenvalue weighted by Crippen LogP contribution is 2.35. The van der Waals surface area contributed by atoms with Crippen LogP contribution in [0.4, 0.5) is 4.79 Å². The summed E-state index contributed by atoms with van der Waals surface area (Å²) in [5.41, 5.74) is 1.21. The van der Waals surface area contributed by atoms with E-state index in [1.165, 1.54) is 6.42 Å². The molecule has 0 bridgehead atoms. The number of halogens is 1. The van der Waals surface area contributed by atoms with Crippen LogP contribution in [0.3, 0.4) is 0 Å². The lowest BCUT2D eigenvalue weighted by Gasteiger charge is -2.35. The third-order valence-electron chi connectivity index (χ3n) is 4.60. The fraction of sp³-hybridized carbons (Fsp3) is 0.444. The minimum atomic E-state index is -0.650. The summed E-state index contributed by atoms with van der Waals surface area (Å²) in [5, 5.41) is 5.44. The van der Waals surface area contributed by atoms with Crippen LogP contribution < -0.4 is 10.6 Å². The molecule has 6 heteroatoms. The Bertz CT molecular complexity index is 655. The van der Waals surface area contributed by atoms with Crippen molar-refractivity contribution >= 4 is 27.9 Å². The number of carbonyl (C=O) groups is 2. The summed E-state index contributed by atoms with van der Waals surface area (Å²) in [6.45, 7) is 3.88. The second kappa shape index (κ2) is 7.38. The lowest BCUT2D eigenvalue weighted by Crippen LogP contribution is -2.51. The van der Waals surface area contributed by atoms with E-state index < -0.39 is 12.0 Å². The van der Waals surface area contributed by atoms with Gasteiger partial charge in [0.1, 0.15) is 12.0 Å². The Labute approximate surface area is 150 Å². The van der Waals surface area contributed by atoms with Gasteiger partial charge in [0.05, 0.1) is 6.04 Å². The third kappa shape index (κ3) is 3.64. The predicted molar refractivity (Wildman–Crippen MR) is 94.1 cm³/mol. The van der Waals surface area contributed by atoms with Crippen molar-refractivity contribution in [2.45, 2.75) is 44.2 Å². The molecule has 24 heavy (non-hydrogen) atoms. The molecule has 2 fully saturated rings. The molecule has 2 amide bonds. The van der Waals surface area contributed by atoms with Crippen LogP contribution in [-0.4, -0.2) is 18.1 Å². The predicted octanol–water partition coefficient (Wildman–Crippen LogP) is 3.81. The first-order chi connectivity index (χ1) is 11.6. The number of ether oxygens (including phenoxy) is 1. The van der Waals surface area contributed by atoms with Gasteiger partial charge in [-0.1, -0.05) is 47.1 Å². The lowest BCUT2D eigenvalue weighted by atomic mass is 9.89. The molecule has 1 aromatic carbocycles. The second-order valence-corrected chi connectivity index (χ2v) is 7.15. The van der Waals surface area contributed by atoms with Crippen molar-refractivity contribution in [3.05, 3.63) is 46.6 Å². The van der Waals surface area contributed by atoms with Crippen molar-refractivity contribution in [2.75, 3.05) is 0 Å². The Hall–Kier alpha value is -1.82. The molecule has 128 valence electrons. The number of benzene rings is 1. The maximum Gasteiger partial charge on any atom is 0.319 e. The molecule has 5 nitrogen and oxygen atoms in total. The Morgan fingerprint density at radius 2 is 1.92 bits per heavy atom. The van der Waals surface area contributed by atoms with Crippen molar-refractivity contribution in [3.63, 3.8) is 0 Å². The molecule has 2 aliphatic rings. The van der Waals surface area contributed by atoms with Crippen molar-refractivity contribution in [3.8, 4) is 0 Å². The molecule has 1 aliphatic carbocycles. The zero-order valence-corrected chi connectivity index (χ0v) is 15.0. The number of nitrogens with one attached hydrogen (secondary N) is 2. The van der Waals surface area contributed by atoms with Gasteiger partial charge in [0, 0.05) is 10.2 Å². The Morgan fingerprint density at radius 3 is 2.62 bits per heavy atom. The minimum absolute atomic E-state index is 0.0310. The van der Waals surface area contributed by atoms with Crippen molar-refractivity contribution < 1.29 is 14.3 Å². The van der Waals surface area contributed by atoms with Gasteiger partial charge in [-0.25, -0.2) is 4.79 Å². The largest absolute Gasteiger partial charge is 0.462 e. The summed E-state index contributed by atoms with van der Waals surface area (Å²) < 4.78 is 6.56. The van der Waals surface area contributed by atoms with Crippen molar-refractivity contribution in [2.24, 2.45) is 5.92 Å². The molecule has 1 aromatic rings. The van der Waals surface area contributed by atoms with Crippen molar-refractivity contribution in [1.29, 1.82) is 0 Å².